The molecule has 0 aliphatic rings. The minimum atomic E-state index is -0.285. The molecule has 1 aromatic carbocycles. The zero-order valence-corrected chi connectivity index (χ0v) is 12.5. The van der Waals surface area contributed by atoms with Gasteiger partial charge in [0.25, 0.3) is 0 Å². The molecule has 0 saturated heterocycles. The van der Waals surface area contributed by atoms with E-state index >= 15 is 0 Å². The Morgan fingerprint density at radius 3 is 2.50 bits per heavy atom. The SMILES string of the molecule is C#CCC(CC)OC(=O)c1ccc(CCCCC)cc1. The lowest BCUT2D eigenvalue weighted by atomic mass is 10.1. The van der Waals surface area contributed by atoms with E-state index in [9.17, 15) is 4.79 Å². The first-order valence-electron chi connectivity index (χ1n) is 7.44. The van der Waals surface area contributed by atoms with Crippen molar-refractivity contribution in [3.63, 3.8) is 0 Å². The van der Waals surface area contributed by atoms with E-state index in [4.69, 9.17) is 11.2 Å². The normalized spacial score (nSPS) is 11.7. The number of benzene rings is 1. The monoisotopic (exact) mass is 272 g/mol. The summed E-state index contributed by atoms with van der Waals surface area (Å²) in [5.41, 5.74) is 1.87. The van der Waals surface area contributed by atoms with Crippen LogP contribution in [-0.4, -0.2) is 12.1 Å². The van der Waals surface area contributed by atoms with Gasteiger partial charge < -0.3 is 4.74 Å². The van der Waals surface area contributed by atoms with E-state index in [1.165, 1.54) is 24.8 Å². The molecule has 20 heavy (non-hydrogen) atoms. The number of esters is 1. The van der Waals surface area contributed by atoms with Crippen molar-refractivity contribution in [1.82, 2.24) is 0 Å². The van der Waals surface area contributed by atoms with Crippen molar-refractivity contribution in [3.05, 3.63) is 35.4 Å². The quantitative estimate of drug-likeness (QED) is 0.399. The highest BCUT2D eigenvalue weighted by atomic mass is 16.5. The molecule has 1 unspecified atom stereocenters. The Balaban J connectivity index is 2.54. The van der Waals surface area contributed by atoms with Gasteiger partial charge in [-0.3, -0.25) is 0 Å². The minimum Gasteiger partial charge on any atom is -0.458 e. The summed E-state index contributed by atoms with van der Waals surface area (Å²) in [6.45, 7) is 4.16. The standard InChI is InChI=1S/C18H24O2/c1-4-7-8-10-15-11-13-16(14-12-15)18(19)20-17(6-3)9-5-2/h2,11-14,17H,4,6-10H2,1,3H3. The van der Waals surface area contributed by atoms with Crippen molar-refractivity contribution in [1.29, 1.82) is 0 Å². The van der Waals surface area contributed by atoms with Gasteiger partial charge in [0.1, 0.15) is 6.10 Å². The molecule has 0 heterocycles. The fourth-order valence-electron chi connectivity index (χ4n) is 2.01. The van der Waals surface area contributed by atoms with Crippen molar-refractivity contribution in [3.8, 4) is 12.3 Å². The number of terminal acetylenes is 1. The highest BCUT2D eigenvalue weighted by Gasteiger charge is 2.13. The summed E-state index contributed by atoms with van der Waals surface area (Å²) in [7, 11) is 0. The van der Waals surface area contributed by atoms with Gasteiger partial charge in [-0.2, -0.15) is 0 Å². The van der Waals surface area contributed by atoms with Gasteiger partial charge in [-0.1, -0.05) is 38.8 Å². The summed E-state index contributed by atoms with van der Waals surface area (Å²) >= 11 is 0. The maximum absolute atomic E-state index is 12.0. The van der Waals surface area contributed by atoms with E-state index in [1.54, 1.807) is 0 Å². The van der Waals surface area contributed by atoms with E-state index < -0.39 is 0 Å². The topological polar surface area (TPSA) is 26.3 Å². The zero-order chi connectivity index (χ0) is 14.8. The van der Waals surface area contributed by atoms with Crippen molar-refractivity contribution in [2.75, 3.05) is 0 Å². The molecular formula is C18H24O2. The maximum atomic E-state index is 12.0. The third kappa shape index (κ3) is 5.48. The van der Waals surface area contributed by atoms with Crippen molar-refractivity contribution in [2.24, 2.45) is 0 Å². The van der Waals surface area contributed by atoms with E-state index in [1.807, 2.05) is 31.2 Å². The van der Waals surface area contributed by atoms with Crippen LogP contribution in [0.5, 0.6) is 0 Å². The second-order valence-corrected chi connectivity index (χ2v) is 5.00. The van der Waals surface area contributed by atoms with Crippen LogP contribution in [0.2, 0.25) is 0 Å². The molecule has 1 rings (SSSR count). The molecule has 0 aliphatic carbocycles. The lowest BCUT2D eigenvalue weighted by Gasteiger charge is -2.13. The number of unbranched alkanes of at least 4 members (excludes halogenated alkanes) is 2. The molecule has 0 fully saturated rings. The number of hydrogen-bond acceptors (Lipinski definition) is 2. The smallest absolute Gasteiger partial charge is 0.338 e. The van der Waals surface area contributed by atoms with E-state index in [-0.39, 0.29) is 12.1 Å². The summed E-state index contributed by atoms with van der Waals surface area (Å²) in [5.74, 6) is 2.25. The summed E-state index contributed by atoms with van der Waals surface area (Å²) < 4.78 is 5.38. The van der Waals surface area contributed by atoms with Crippen LogP contribution in [0.15, 0.2) is 24.3 Å². The fraction of sp³-hybridized carbons (Fsp3) is 0.500. The molecule has 0 amide bonds. The van der Waals surface area contributed by atoms with E-state index in [2.05, 4.69) is 12.8 Å². The predicted octanol–water partition coefficient (Wildman–Crippen LogP) is 4.38. The number of aryl methyl sites for hydroxylation is 1. The Labute approximate surface area is 122 Å². The van der Waals surface area contributed by atoms with Crippen LogP contribution in [0.4, 0.5) is 0 Å². The van der Waals surface area contributed by atoms with Gasteiger partial charge in [0, 0.05) is 6.42 Å². The molecular weight excluding hydrogens is 248 g/mol. The summed E-state index contributed by atoms with van der Waals surface area (Å²) in [4.78, 5) is 12.0. The Kier molecular flexibility index (Phi) is 7.50. The molecule has 0 saturated carbocycles. The minimum absolute atomic E-state index is 0.184. The summed E-state index contributed by atoms with van der Waals surface area (Å²) in [6.07, 6.45) is 11.0. The summed E-state index contributed by atoms with van der Waals surface area (Å²) in [5, 5.41) is 0. The average molecular weight is 272 g/mol. The second-order valence-electron chi connectivity index (χ2n) is 5.00. The molecule has 0 aromatic heterocycles. The Morgan fingerprint density at radius 1 is 1.25 bits per heavy atom. The van der Waals surface area contributed by atoms with E-state index in [0.29, 0.717) is 12.0 Å². The molecule has 0 radical (unpaired) electrons. The average Bonchev–Trinajstić information content (AvgIpc) is 2.47. The van der Waals surface area contributed by atoms with Gasteiger partial charge in [0.2, 0.25) is 0 Å². The lowest BCUT2D eigenvalue weighted by molar-refractivity contribution is 0.0304. The van der Waals surface area contributed by atoms with Gasteiger partial charge in [-0.15, -0.1) is 12.3 Å². The third-order valence-electron chi connectivity index (χ3n) is 3.33. The number of ether oxygens (including phenoxy) is 1. The molecule has 2 heteroatoms. The molecule has 2 nitrogen and oxygen atoms in total. The van der Waals surface area contributed by atoms with E-state index in [0.717, 1.165) is 12.8 Å². The van der Waals surface area contributed by atoms with Gasteiger partial charge in [-0.25, -0.2) is 4.79 Å². The first kappa shape index (κ1) is 16.3. The van der Waals surface area contributed by atoms with Crippen molar-refractivity contribution in [2.45, 2.75) is 58.5 Å². The Morgan fingerprint density at radius 2 is 1.95 bits per heavy atom. The predicted molar refractivity (Wildman–Crippen MR) is 82.6 cm³/mol. The number of hydrogen-bond donors (Lipinski definition) is 0. The third-order valence-corrected chi connectivity index (χ3v) is 3.33. The first-order valence-corrected chi connectivity index (χ1v) is 7.44. The van der Waals surface area contributed by atoms with Crippen molar-refractivity contribution >= 4 is 5.97 Å². The number of carbonyl (C=O) groups excluding carboxylic acids is 1. The largest absolute Gasteiger partial charge is 0.458 e. The fourth-order valence-corrected chi connectivity index (χ4v) is 2.01. The molecule has 1 aromatic rings. The Bertz CT molecular complexity index is 439. The summed E-state index contributed by atoms with van der Waals surface area (Å²) in [6, 6.07) is 7.70. The van der Waals surface area contributed by atoms with Crippen LogP contribution in [0, 0.1) is 12.3 Å². The zero-order valence-electron chi connectivity index (χ0n) is 12.5. The van der Waals surface area contributed by atoms with Crippen molar-refractivity contribution < 1.29 is 9.53 Å². The van der Waals surface area contributed by atoms with Crippen LogP contribution in [0.25, 0.3) is 0 Å². The highest BCUT2D eigenvalue weighted by molar-refractivity contribution is 5.89. The highest BCUT2D eigenvalue weighted by Crippen LogP contribution is 2.12. The van der Waals surface area contributed by atoms with Crippen LogP contribution in [-0.2, 0) is 11.2 Å². The van der Waals surface area contributed by atoms with Crippen LogP contribution >= 0.6 is 0 Å². The first-order chi connectivity index (χ1) is 9.71. The van der Waals surface area contributed by atoms with Crippen LogP contribution < -0.4 is 0 Å². The van der Waals surface area contributed by atoms with Gasteiger partial charge in [0.15, 0.2) is 0 Å². The molecule has 0 spiro atoms. The molecule has 0 aliphatic heterocycles. The lowest BCUT2D eigenvalue weighted by Crippen LogP contribution is -2.17. The molecule has 0 N–H and O–H groups in total. The molecule has 0 bridgehead atoms. The van der Waals surface area contributed by atoms with Gasteiger partial charge in [-0.05, 0) is 37.0 Å². The maximum Gasteiger partial charge on any atom is 0.338 e. The van der Waals surface area contributed by atoms with Crippen LogP contribution in [0.1, 0.15) is 61.9 Å². The number of rotatable bonds is 8. The van der Waals surface area contributed by atoms with Crippen LogP contribution in [0.3, 0.4) is 0 Å². The van der Waals surface area contributed by atoms with Gasteiger partial charge in [0.05, 0.1) is 5.56 Å². The van der Waals surface area contributed by atoms with Gasteiger partial charge >= 0.3 is 5.97 Å². The Hall–Kier alpha value is -1.75. The second kappa shape index (κ2) is 9.20. The molecule has 1 atom stereocenters. The number of carbonyl (C=O) groups is 1. The molecule has 108 valence electrons.